The smallest absolute Gasteiger partial charge is 0.275 e. The second-order valence-electron chi connectivity index (χ2n) is 6.85. The molecule has 0 saturated heterocycles. The van der Waals surface area contributed by atoms with Gasteiger partial charge in [0.2, 0.25) is 0 Å². The number of rotatable bonds is 6. The molecule has 1 aromatic heterocycles. The molecule has 0 atom stereocenters. The summed E-state index contributed by atoms with van der Waals surface area (Å²) in [6.45, 7) is 7.88. The van der Waals surface area contributed by atoms with E-state index in [1.54, 1.807) is 0 Å². The lowest BCUT2D eigenvalue weighted by molar-refractivity contribution is 0.102. The number of benzene rings is 2. The molecule has 2 N–H and O–H groups in total. The van der Waals surface area contributed by atoms with E-state index in [1.165, 1.54) is 12.4 Å². The normalized spacial score (nSPS) is 10.6. The molecule has 0 radical (unpaired) electrons. The molecule has 0 bridgehead atoms. The van der Waals surface area contributed by atoms with Gasteiger partial charge in [-0.3, -0.25) is 4.79 Å². The Balaban J connectivity index is 1.72. The van der Waals surface area contributed by atoms with Crippen LogP contribution in [0.25, 0.3) is 0 Å². The fraction of sp³-hybridized carbons (Fsp3) is 0.227. The van der Waals surface area contributed by atoms with Crippen LogP contribution >= 0.6 is 0 Å². The first kappa shape index (κ1) is 19.4. The third-order valence-corrected chi connectivity index (χ3v) is 4.04. The molecule has 0 fully saturated rings. The van der Waals surface area contributed by atoms with Gasteiger partial charge in [-0.15, -0.1) is 0 Å². The summed E-state index contributed by atoms with van der Waals surface area (Å²) >= 11 is 0. The number of anilines is 3. The summed E-state index contributed by atoms with van der Waals surface area (Å²) in [5, 5.41) is 6.07. The van der Waals surface area contributed by atoms with Gasteiger partial charge in [0.15, 0.2) is 0 Å². The van der Waals surface area contributed by atoms with E-state index in [0.29, 0.717) is 5.82 Å². The highest BCUT2D eigenvalue weighted by molar-refractivity contribution is 6.03. The van der Waals surface area contributed by atoms with E-state index in [9.17, 15) is 4.79 Å². The van der Waals surface area contributed by atoms with Crippen molar-refractivity contribution in [2.24, 2.45) is 0 Å². The molecule has 6 nitrogen and oxygen atoms in total. The van der Waals surface area contributed by atoms with Crippen molar-refractivity contribution in [1.82, 2.24) is 9.97 Å². The first-order valence-electron chi connectivity index (χ1n) is 9.15. The van der Waals surface area contributed by atoms with Crippen LogP contribution in [0.2, 0.25) is 0 Å². The number of para-hydroxylation sites is 2. The van der Waals surface area contributed by atoms with Crippen LogP contribution in [-0.2, 0) is 0 Å². The van der Waals surface area contributed by atoms with Crippen molar-refractivity contribution in [2.75, 3.05) is 10.6 Å². The molecule has 28 heavy (non-hydrogen) atoms. The van der Waals surface area contributed by atoms with E-state index in [2.05, 4.69) is 20.6 Å². The van der Waals surface area contributed by atoms with Crippen molar-refractivity contribution in [2.45, 2.75) is 33.8 Å². The Morgan fingerprint density at radius 2 is 1.79 bits per heavy atom. The van der Waals surface area contributed by atoms with Gasteiger partial charge in [-0.05, 0) is 57.0 Å². The number of nitrogens with one attached hydrogen (secondary N) is 2. The van der Waals surface area contributed by atoms with Gasteiger partial charge >= 0.3 is 0 Å². The maximum absolute atomic E-state index is 12.5. The second kappa shape index (κ2) is 8.52. The predicted octanol–water partition coefficient (Wildman–Crippen LogP) is 4.88. The van der Waals surface area contributed by atoms with Gasteiger partial charge in [0.25, 0.3) is 5.91 Å². The Bertz CT molecular complexity index is 969. The predicted molar refractivity (Wildman–Crippen MR) is 111 cm³/mol. The summed E-state index contributed by atoms with van der Waals surface area (Å²) in [7, 11) is 0. The van der Waals surface area contributed by atoms with Crippen molar-refractivity contribution in [3.63, 3.8) is 0 Å². The van der Waals surface area contributed by atoms with Crippen molar-refractivity contribution < 1.29 is 9.53 Å². The fourth-order valence-electron chi connectivity index (χ4n) is 2.63. The van der Waals surface area contributed by atoms with Crippen LogP contribution in [0.5, 0.6) is 5.75 Å². The molecule has 144 valence electrons. The molecule has 1 heterocycles. The molecule has 1 amide bonds. The summed E-state index contributed by atoms with van der Waals surface area (Å²) in [5.74, 6) is 0.968. The van der Waals surface area contributed by atoms with Crippen LogP contribution < -0.4 is 15.4 Å². The van der Waals surface area contributed by atoms with E-state index >= 15 is 0 Å². The third kappa shape index (κ3) is 4.85. The topological polar surface area (TPSA) is 76.1 Å². The van der Waals surface area contributed by atoms with E-state index < -0.39 is 0 Å². The average molecular weight is 376 g/mol. The van der Waals surface area contributed by atoms with E-state index in [4.69, 9.17) is 4.74 Å². The maximum atomic E-state index is 12.5. The number of hydrogen-bond acceptors (Lipinski definition) is 5. The number of carbonyl (C=O) groups is 1. The van der Waals surface area contributed by atoms with Gasteiger partial charge < -0.3 is 15.4 Å². The Morgan fingerprint density at radius 1 is 1.00 bits per heavy atom. The largest absolute Gasteiger partial charge is 0.489 e. The number of nitrogens with zero attached hydrogens (tertiary/aromatic N) is 2. The SMILES string of the molecule is Cc1ccc(C)c(NC(=O)c2cnc(Nc3ccccc3OC(C)C)cn2)c1. The monoisotopic (exact) mass is 376 g/mol. The van der Waals surface area contributed by atoms with Gasteiger partial charge in [-0.25, -0.2) is 9.97 Å². The molecule has 3 rings (SSSR count). The minimum atomic E-state index is -0.295. The zero-order valence-corrected chi connectivity index (χ0v) is 16.5. The van der Waals surface area contributed by atoms with Crippen molar-refractivity contribution >= 4 is 23.1 Å². The van der Waals surface area contributed by atoms with Gasteiger partial charge in [0.1, 0.15) is 17.3 Å². The number of ether oxygens (including phenoxy) is 1. The minimum absolute atomic E-state index is 0.0604. The number of aryl methyl sites for hydroxylation is 2. The van der Waals surface area contributed by atoms with Crippen LogP contribution in [0.4, 0.5) is 17.2 Å². The molecular weight excluding hydrogens is 352 g/mol. The van der Waals surface area contributed by atoms with Gasteiger partial charge in [0.05, 0.1) is 24.2 Å². The minimum Gasteiger partial charge on any atom is -0.489 e. The Kier molecular flexibility index (Phi) is 5.89. The highest BCUT2D eigenvalue weighted by Crippen LogP contribution is 2.27. The first-order chi connectivity index (χ1) is 13.4. The van der Waals surface area contributed by atoms with Crippen LogP contribution in [0.3, 0.4) is 0 Å². The average Bonchev–Trinajstić information content (AvgIpc) is 2.66. The van der Waals surface area contributed by atoms with Crippen LogP contribution in [-0.4, -0.2) is 22.0 Å². The lowest BCUT2D eigenvalue weighted by Gasteiger charge is -2.15. The maximum Gasteiger partial charge on any atom is 0.275 e. The number of carbonyl (C=O) groups excluding carboxylic acids is 1. The summed E-state index contributed by atoms with van der Waals surface area (Å²) < 4.78 is 5.79. The van der Waals surface area contributed by atoms with Crippen molar-refractivity contribution in [3.05, 3.63) is 71.7 Å². The summed E-state index contributed by atoms with van der Waals surface area (Å²) in [6.07, 6.45) is 3.05. The zero-order valence-electron chi connectivity index (χ0n) is 16.5. The van der Waals surface area contributed by atoms with Crippen molar-refractivity contribution in [3.8, 4) is 5.75 Å². The van der Waals surface area contributed by atoms with E-state index in [-0.39, 0.29) is 17.7 Å². The molecule has 0 aliphatic heterocycles. The summed E-state index contributed by atoms with van der Waals surface area (Å²) in [5.41, 5.74) is 3.88. The first-order valence-corrected chi connectivity index (χ1v) is 9.15. The molecular formula is C22H24N4O2. The lowest BCUT2D eigenvalue weighted by Crippen LogP contribution is -2.15. The Morgan fingerprint density at radius 3 is 2.50 bits per heavy atom. The zero-order chi connectivity index (χ0) is 20.1. The quantitative estimate of drug-likeness (QED) is 0.641. The standard InChI is InChI=1S/C22H24N4O2/c1-14(2)28-20-8-6-5-7-17(20)25-21-13-23-19(12-24-21)22(27)26-18-11-15(3)9-10-16(18)4/h5-14H,1-4H3,(H,24,25)(H,26,27). The molecule has 0 spiro atoms. The third-order valence-electron chi connectivity index (χ3n) is 4.04. The molecule has 0 aliphatic carbocycles. The van der Waals surface area contributed by atoms with Crippen LogP contribution in [0.15, 0.2) is 54.9 Å². The molecule has 2 aromatic carbocycles. The Labute approximate surface area is 165 Å². The highest BCUT2D eigenvalue weighted by atomic mass is 16.5. The second-order valence-corrected chi connectivity index (χ2v) is 6.85. The lowest BCUT2D eigenvalue weighted by atomic mass is 10.1. The number of hydrogen-bond donors (Lipinski definition) is 2. The van der Waals surface area contributed by atoms with Crippen molar-refractivity contribution in [1.29, 1.82) is 0 Å². The molecule has 6 heteroatoms. The summed E-state index contributed by atoms with van der Waals surface area (Å²) in [6, 6.07) is 13.5. The van der Waals surface area contributed by atoms with E-state index in [0.717, 1.165) is 28.3 Å². The molecule has 0 aliphatic rings. The molecule has 0 saturated carbocycles. The molecule has 0 unspecified atom stereocenters. The van der Waals surface area contributed by atoms with Gasteiger partial charge in [0, 0.05) is 5.69 Å². The Hall–Kier alpha value is -3.41. The number of aromatic nitrogens is 2. The van der Waals surface area contributed by atoms with Crippen LogP contribution in [0, 0.1) is 13.8 Å². The van der Waals surface area contributed by atoms with Crippen LogP contribution in [0.1, 0.15) is 35.5 Å². The highest BCUT2D eigenvalue weighted by Gasteiger charge is 2.11. The van der Waals surface area contributed by atoms with Gasteiger partial charge in [-0.1, -0.05) is 24.3 Å². The number of amides is 1. The fourth-order valence-corrected chi connectivity index (χ4v) is 2.63. The van der Waals surface area contributed by atoms with Gasteiger partial charge in [-0.2, -0.15) is 0 Å². The van der Waals surface area contributed by atoms with E-state index in [1.807, 2.05) is 70.2 Å². The molecule has 3 aromatic rings. The summed E-state index contributed by atoms with van der Waals surface area (Å²) in [4.78, 5) is 21.0.